The zero-order valence-corrected chi connectivity index (χ0v) is 12.0. The standard InChI is InChI=1S/C15H18FN3O2/c1-10(2)19(9-14(18)20)15(21)12-8-11(4-3-7-17)5-6-13(12)16/h5-6,8,10H,7,9,17H2,1-2H3,(H2,18,20). The van der Waals surface area contributed by atoms with Crippen LogP contribution in [0.25, 0.3) is 0 Å². The predicted octanol–water partition coefficient (Wildman–Crippen LogP) is 0.472. The normalized spacial score (nSPS) is 9.95. The van der Waals surface area contributed by atoms with Crippen molar-refractivity contribution in [1.29, 1.82) is 0 Å². The van der Waals surface area contributed by atoms with Gasteiger partial charge in [0, 0.05) is 11.6 Å². The van der Waals surface area contributed by atoms with Crippen LogP contribution < -0.4 is 11.5 Å². The van der Waals surface area contributed by atoms with E-state index in [2.05, 4.69) is 11.8 Å². The van der Waals surface area contributed by atoms with Gasteiger partial charge < -0.3 is 16.4 Å². The first-order valence-corrected chi connectivity index (χ1v) is 6.44. The molecule has 5 nitrogen and oxygen atoms in total. The monoisotopic (exact) mass is 291 g/mol. The van der Waals surface area contributed by atoms with E-state index >= 15 is 0 Å². The smallest absolute Gasteiger partial charge is 0.257 e. The molecule has 0 atom stereocenters. The molecule has 21 heavy (non-hydrogen) atoms. The summed E-state index contributed by atoms with van der Waals surface area (Å²) in [6.07, 6.45) is 0. The number of nitrogens with zero attached hydrogens (tertiary/aromatic N) is 1. The number of hydrogen-bond acceptors (Lipinski definition) is 3. The second kappa shape index (κ2) is 7.41. The minimum Gasteiger partial charge on any atom is -0.368 e. The van der Waals surface area contributed by atoms with E-state index in [0.29, 0.717) is 5.56 Å². The van der Waals surface area contributed by atoms with E-state index in [1.54, 1.807) is 13.8 Å². The van der Waals surface area contributed by atoms with Crippen LogP contribution in [0.2, 0.25) is 0 Å². The zero-order valence-electron chi connectivity index (χ0n) is 12.0. The van der Waals surface area contributed by atoms with Gasteiger partial charge in [0.25, 0.3) is 5.91 Å². The zero-order chi connectivity index (χ0) is 16.0. The van der Waals surface area contributed by atoms with Crippen molar-refractivity contribution in [2.45, 2.75) is 19.9 Å². The fraction of sp³-hybridized carbons (Fsp3) is 0.333. The van der Waals surface area contributed by atoms with Crippen LogP contribution >= 0.6 is 0 Å². The highest BCUT2D eigenvalue weighted by molar-refractivity contribution is 5.97. The molecular weight excluding hydrogens is 273 g/mol. The molecule has 112 valence electrons. The molecule has 2 amide bonds. The highest BCUT2D eigenvalue weighted by atomic mass is 19.1. The molecule has 0 aliphatic rings. The first-order chi connectivity index (χ1) is 9.86. The van der Waals surface area contributed by atoms with E-state index < -0.39 is 17.6 Å². The van der Waals surface area contributed by atoms with Gasteiger partial charge in [-0.05, 0) is 32.0 Å². The maximum Gasteiger partial charge on any atom is 0.257 e. The fourth-order valence-corrected chi connectivity index (χ4v) is 1.73. The molecule has 0 radical (unpaired) electrons. The number of hydrogen-bond donors (Lipinski definition) is 2. The number of carbonyl (C=O) groups is 2. The Morgan fingerprint density at radius 2 is 2.05 bits per heavy atom. The van der Waals surface area contributed by atoms with Crippen LogP contribution in [-0.4, -0.2) is 35.8 Å². The van der Waals surface area contributed by atoms with Gasteiger partial charge in [-0.25, -0.2) is 4.39 Å². The molecule has 0 unspecified atom stereocenters. The fourth-order valence-electron chi connectivity index (χ4n) is 1.73. The SMILES string of the molecule is CC(C)N(CC(N)=O)C(=O)c1cc(C#CCN)ccc1F. The van der Waals surface area contributed by atoms with Gasteiger partial charge in [0.15, 0.2) is 0 Å². The molecule has 1 rings (SSSR count). The average molecular weight is 291 g/mol. The molecule has 6 heteroatoms. The number of primary amides is 1. The molecule has 1 aromatic rings. The number of halogens is 1. The third kappa shape index (κ3) is 4.58. The molecule has 0 spiro atoms. The Morgan fingerprint density at radius 3 is 2.57 bits per heavy atom. The van der Waals surface area contributed by atoms with Crippen LogP contribution in [-0.2, 0) is 4.79 Å². The molecule has 0 bridgehead atoms. The van der Waals surface area contributed by atoms with Crippen molar-refractivity contribution in [2.24, 2.45) is 11.5 Å². The molecule has 0 fully saturated rings. The topological polar surface area (TPSA) is 89.4 Å². The molecule has 0 aliphatic heterocycles. The lowest BCUT2D eigenvalue weighted by molar-refractivity contribution is -0.119. The Balaban J connectivity index is 3.17. The van der Waals surface area contributed by atoms with Crippen LogP contribution in [0.4, 0.5) is 4.39 Å². The summed E-state index contributed by atoms with van der Waals surface area (Å²) in [5.41, 5.74) is 10.7. The summed E-state index contributed by atoms with van der Waals surface area (Å²) in [7, 11) is 0. The highest BCUT2D eigenvalue weighted by Gasteiger charge is 2.23. The molecule has 0 aliphatic carbocycles. The Hall–Kier alpha value is -2.39. The minimum atomic E-state index is -0.673. The van der Waals surface area contributed by atoms with Crippen LogP contribution in [0.1, 0.15) is 29.8 Å². The van der Waals surface area contributed by atoms with Crippen molar-refractivity contribution in [3.8, 4) is 11.8 Å². The van der Waals surface area contributed by atoms with E-state index in [0.717, 1.165) is 6.07 Å². The molecule has 4 N–H and O–H groups in total. The van der Waals surface area contributed by atoms with Crippen molar-refractivity contribution in [2.75, 3.05) is 13.1 Å². The summed E-state index contributed by atoms with van der Waals surface area (Å²) in [6.45, 7) is 3.34. The van der Waals surface area contributed by atoms with Crippen molar-refractivity contribution in [3.63, 3.8) is 0 Å². The molecule has 0 saturated carbocycles. The average Bonchev–Trinajstić information content (AvgIpc) is 2.42. The molecule has 1 aromatic carbocycles. The molecule has 0 aromatic heterocycles. The van der Waals surface area contributed by atoms with E-state index in [1.807, 2.05) is 0 Å². The minimum absolute atomic E-state index is 0.145. The Bertz CT molecular complexity index is 603. The summed E-state index contributed by atoms with van der Waals surface area (Å²) in [6, 6.07) is 3.68. The number of carbonyl (C=O) groups excluding carboxylic acids is 2. The summed E-state index contributed by atoms with van der Waals surface area (Å²) in [5.74, 6) is 3.43. The second-order valence-electron chi connectivity index (χ2n) is 4.69. The van der Waals surface area contributed by atoms with Gasteiger partial charge in [-0.1, -0.05) is 11.8 Å². The van der Waals surface area contributed by atoms with Gasteiger partial charge >= 0.3 is 0 Å². The third-order valence-corrected chi connectivity index (χ3v) is 2.74. The molecular formula is C15H18FN3O2. The Morgan fingerprint density at radius 1 is 1.38 bits per heavy atom. The van der Waals surface area contributed by atoms with E-state index in [4.69, 9.17) is 11.5 Å². The van der Waals surface area contributed by atoms with Crippen LogP contribution in [0.15, 0.2) is 18.2 Å². The van der Waals surface area contributed by atoms with Gasteiger partial charge in [-0.2, -0.15) is 0 Å². The van der Waals surface area contributed by atoms with E-state index in [9.17, 15) is 14.0 Å². The molecule has 0 saturated heterocycles. The third-order valence-electron chi connectivity index (χ3n) is 2.74. The number of benzene rings is 1. The summed E-state index contributed by atoms with van der Waals surface area (Å²) in [5, 5.41) is 0. The van der Waals surface area contributed by atoms with Crippen molar-refractivity contribution >= 4 is 11.8 Å². The Labute approximate surface area is 123 Å². The van der Waals surface area contributed by atoms with Crippen LogP contribution in [0.5, 0.6) is 0 Å². The van der Waals surface area contributed by atoms with Gasteiger partial charge in [-0.15, -0.1) is 0 Å². The number of nitrogens with two attached hydrogens (primary N) is 2. The van der Waals surface area contributed by atoms with E-state index in [1.165, 1.54) is 17.0 Å². The Kier molecular flexibility index (Phi) is 5.88. The maximum absolute atomic E-state index is 13.9. The maximum atomic E-state index is 13.9. The summed E-state index contributed by atoms with van der Waals surface area (Å²) >= 11 is 0. The summed E-state index contributed by atoms with van der Waals surface area (Å²) in [4.78, 5) is 24.6. The lowest BCUT2D eigenvalue weighted by Crippen LogP contribution is -2.43. The summed E-state index contributed by atoms with van der Waals surface area (Å²) < 4.78 is 13.9. The second-order valence-corrected chi connectivity index (χ2v) is 4.69. The largest absolute Gasteiger partial charge is 0.368 e. The van der Waals surface area contributed by atoms with Crippen molar-refractivity contribution < 1.29 is 14.0 Å². The van der Waals surface area contributed by atoms with Gasteiger partial charge in [0.2, 0.25) is 5.91 Å². The van der Waals surface area contributed by atoms with Gasteiger partial charge in [-0.3, -0.25) is 9.59 Å². The number of rotatable bonds is 4. The van der Waals surface area contributed by atoms with Crippen molar-refractivity contribution in [1.82, 2.24) is 4.90 Å². The lowest BCUT2D eigenvalue weighted by atomic mass is 10.1. The number of amides is 2. The molecule has 0 heterocycles. The van der Waals surface area contributed by atoms with Gasteiger partial charge in [0.1, 0.15) is 5.82 Å². The van der Waals surface area contributed by atoms with E-state index in [-0.39, 0.29) is 24.7 Å². The van der Waals surface area contributed by atoms with Gasteiger partial charge in [0.05, 0.1) is 18.7 Å². The predicted molar refractivity (Wildman–Crippen MR) is 77.7 cm³/mol. The first kappa shape index (κ1) is 16.7. The van der Waals surface area contributed by atoms with Crippen LogP contribution in [0, 0.1) is 17.7 Å². The highest BCUT2D eigenvalue weighted by Crippen LogP contribution is 2.14. The quantitative estimate of drug-likeness (QED) is 0.790. The lowest BCUT2D eigenvalue weighted by Gasteiger charge is -2.25. The van der Waals surface area contributed by atoms with Crippen LogP contribution in [0.3, 0.4) is 0 Å². The van der Waals surface area contributed by atoms with Crippen molar-refractivity contribution in [3.05, 3.63) is 35.1 Å². The first-order valence-electron chi connectivity index (χ1n) is 6.44.